The van der Waals surface area contributed by atoms with Crippen molar-refractivity contribution in [2.24, 2.45) is 18.7 Å². The van der Waals surface area contributed by atoms with E-state index in [2.05, 4.69) is 10.4 Å². The Hall–Kier alpha value is -3.20. The molecule has 1 fully saturated rings. The molecule has 156 valence electrons. The molecule has 2 aromatic rings. The molecule has 1 atom stereocenters. The normalized spacial score (nSPS) is 16.4. The fourth-order valence-electron chi connectivity index (χ4n) is 3.53. The SMILES string of the molecule is Cc1c(-c2ccccc2)nn(C)c1NC(=O)C1CCCN(CC(N)=O)C1.O=CO. The van der Waals surface area contributed by atoms with Gasteiger partial charge in [0.05, 0.1) is 18.2 Å². The highest BCUT2D eigenvalue weighted by atomic mass is 16.3. The van der Waals surface area contributed by atoms with E-state index in [1.165, 1.54) is 0 Å². The van der Waals surface area contributed by atoms with E-state index in [0.29, 0.717) is 12.4 Å². The van der Waals surface area contributed by atoms with Crippen molar-refractivity contribution >= 4 is 24.1 Å². The van der Waals surface area contributed by atoms with Crippen molar-refractivity contribution in [2.75, 3.05) is 25.0 Å². The summed E-state index contributed by atoms with van der Waals surface area (Å²) in [6.07, 6.45) is 1.69. The summed E-state index contributed by atoms with van der Waals surface area (Å²) < 4.78 is 1.71. The Morgan fingerprint density at radius 3 is 2.62 bits per heavy atom. The van der Waals surface area contributed by atoms with Crippen molar-refractivity contribution in [1.29, 1.82) is 0 Å². The third-order valence-electron chi connectivity index (χ3n) is 4.83. The lowest BCUT2D eigenvalue weighted by Gasteiger charge is -2.31. The fraction of sp³-hybridized carbons (Fsp3) is 0.400. The van der Waals surface area contributed by atoms with Gasteiger partial charge in [-0.25, -0.2) is 0 Å². The quantitative estimate of drug-likeness (QED) is 0.646. The van der Waals surface area contributed by atoms with Crippen LogP contribution in [-0.4, -0.2) is 57.7 Å². The minimum absolute atomic E-state index is 0.0371. The van der Waals surface area contributed by atoms with Crippen LogP contribution in [0.4, 0.5) is 5.82 Å². The summed E-state index contributed by atoms with van der Waals surface area (Å²) >= 11 is 0. The second-order valence-electron chi connectivity index (χ2n) is 6.95. The lowest BCUT2D eigenvalue weighted by molar-refractivity contribution is -0.124. The van der Waals surface area contributed by atoms with Gasteiger partial charge in [0.15, 0.2) is 0 Å². The third kappa shape index (κ3) is 5.89. The number of nitrogens with two attached hydrogens (primary N) is 1. The topological polar surface area (TPSA) is 131 Å². The first kappa shape index (κ1) is 22.1. The van der Waals surface area contributed by atoms with Crippen LogP contribution in [0.15, 0.2) is 30.3 Å². The van der Waals surface area contributed by atoms with Crippen LogP contribution in [0.2, 0.25) is 0 Å². The van der Waals surface area contributed by atoms with Gasteiger partial charge in [0.1, 0.15) is 5.82 Å². The first-order valence-corrected chi connectivity index (χ1v) is 9.35. The Morgan fingerprint density at radius 1 is 1.34 bits per heavy atom. The molecule has 0 radical (unpaired) electrons. The molecular weight excluding hydrogens is 374 g/mol. The van der Waals surface area contributed by atoms with Crippen molar-refractivity contribution < 1.29 is 19.5 Å². The smallest absolute Gasteiger partial charge is 0.290 e. The summed E-state index contributed by atoms with van der Waals surface area (Å²) in [4.78, 5) is 34.2. The number of hydrogen-bond donors (Lipinski definition) is 3. The number of likely N-dealkylation sites (tertiary alicyclic amines) is 1. The van der Waals surface area contributed by atoms with Gasteiger partial charge < -0.3 is 16.2 Å². The van der Waals surface area contributed by atoms with Crippen LogP contribution in [0, 0.1) is 12.8 Å². The molecule has 4 N–H and O–H groups in total. The van der Waals surface area contributed by atoms with Crippen molar-refractivity contribution in [3.8, 4) is 11.3 Å². The van der Waals surface area contributed by atoms with Gasteiger partial charge in [-0.15, -0.1) is 0 Å². The molecule has 0 bridgehead atoms. The molecule has 1 aliphatic rings. The van der Waals surface area contributed by atoms with Crippen molar-refractivity contribution in [3.05, 3.63) is 35.9 Å². The second kappa shape index (κ2) is 10.4. The summed E-state index contributed by atoms with van der Waals surface area (Å²) in [5.74, 6) is 0.157. The van der Waals surface area contributed by atoms with Gasteiger partial charge in [0, 0.05) is 24.7 Å². The molecule has 1 saturated heterocycles. The Balaban J connectivity index is 0.000000941. The number of anilines is 1. The summed E-state index contributed by atoms with van der Waals surface area (Å²) in [6, 6.07) is 9.91. The molecule has 2 heterocycles. The van der Waals surface area contributed by atoms with Crippen LogP contribution in [0.5, 0.6) is 0 Å². The number of primary amides is 1. The number of hydrogen-bond acceptors (Lipinski definition) is 5. The van der Waals surface area contributed by atoms with Gasteiger partial charge in [-0.05, 0) is 26.3 Å². The number of rotatable bonds is 5. The number of piperidine rings is 1. The Bertz CT molecular complexity index is 850. The molecule has 9 heteroatoms. The van der Waals surface area contributed by atoms with Gasteiger partial charge in [-0.2, -0.15) is 5.10 Å². The van der Waals surface area contributed by atoms with Gasteiger partial charge in [-0.3, -0.25) is 24.0 Å². The van der Waals surface area contributed by atoms with Gasteiger partial charge in [0.2, 0.25) is 11.8 Å². The molecule has 1 aliphatic heterocycles. The molecule has 2 amide bonds. The van der Waals surface area contributed by atoms with Crippen LogP contribution in [-0.2, 0) is 21.4 Å². The van der Waals surface area contributed by atoms with Crippen LogP contribution in [0.3, 0.4) is 0 Å². The van der Waals surface area contributed by atoms with E-state index in [4.69, 9.17) is 15.6 Å². The predicted octanol–water partition coefficient (Wildman–Crippen LogP) is 1.23. The summed E-state index contributed by atoms with van der Waals surface area (Å²) in [6.45, 7) is 3.27. The van der Waals surface area contributed by atoms with E-state index < -0.39 is 0 Å². The van der Waals surface area contributed by atoms with E-state index in [-0.39, 0.29) is 30.7 Å². The molecule has 0 saturated carbocycles. The standard InChI is InChI=1S/C19H25N5O2.CH2O2/c1-13-17(14-7-4-3-5-8-14)22-23(2)18(13)21-19(26)15-9-6-10-24(11-15)12-16(20)25;2-1-3/h3-5,7-8,15H,6,9-12H2,1-2H3,(H2,20,25)(H,21,26);1H,(H,2,3). The summed E-state index contributed by atoms with van der Waals surface area (Å²) in [5, 5.41) is 14.5. The Kier molecular flexibility index (Phi) is 7.90. The lowest BCUT2D eigenvalue weighted by Crippen LogP contribution is -2.44. The molecule has 1 aromatic heterocycles. The van der Waals surface area contributed by atoms with Gasteiger partial charge >= 0.3 is 0 Å². The second-order valence-corrected chi connectivity index (χ2v) is 6.95. The zero-order valence-corrected chi connectivity index (χ0v) is 16.7. The third-order valence-corrected chi connectivity index (χ3v) is 4.83. The maximum atomic E-state index is 12.8. The molecule has 9 nitrogen and oxygen atoms in total. The number of nitrogens with zero attached hydrogens (tertiary/aromatic N) is 3. The summed E-state index contributed by atoms with van der Waals surface area (Å²) in [7, 11) is 1.83. The number of aryl methyl sites for hydroxylation is 1. The molecule has 0 spiro atoms. The zero-order valence-electron chi connectivity index (χ0n) is 16.7. The lowest BCUT2D eigenvalue weighted by atomic mass is 9.97. The zero-order chi connectivity index (χ0) is 21.4. The number of aromatic nitrogens is 2. The van der Waals surface area contributed by atoms with Crippen LogP contribution in [0.1, 0.15) is 18.4 Å². The highest BCUT2D eigenvalue weighted by Crippen LogP contribution is 2.28. The van der Waals surface area contributed by atoms with E-state index in [1.54, 1.807) is 4.68 Å². The predicted molar refractivity (Wildman–Crippen MR) is 109 cm³/mol. The highest BCUT2D eigenvalue weighted by molar-refractivity contribution is 5.93. The largest absolute Gasteiger partial charge is 0.483 e. The number of amides is 2. The van der Waals surface area contributed by atoms with Crippen LogP contribution in [0.25, 0.3) is 11.3 Å². The average Bonchev–Trinajstić information content (AvgIpc) is 2.97. The first-order chi connectivity index (χ1) is 13.9. The van der Waals surface area contributed by atoms with Crippen molar-refractivity contribution in [1.82, 2.24) is 14.7 Å². The molecular formula is C20H27N5O4. The van der Waals surface area contributed by atoms with E-state index in [9.17, 15) is 9.59 Å². The number of carbonyl (C=O) groups excluding carboxylic acids is 2. The Labute approximate surface area is 169 Å². The number of benzene rings is 1. The maximum absolute atomic E-state index is 12.8. The van der Waals surface area contributed by atoms with Crippen LogP contribution < -0.4 is 11.1 Å². The van der Waals surface area contributed by atoms with E-state index in [0.717, 1.165) is 36.2 Å². The van der Waals surface area contributed by atoms with Gasteiger partial charge in [0.25, 0.3) is 6.47 Å². The molecule has 1 unspecified atom stereocenters. The number of nitrogens with one attached hydrogen (secondary N) is 1. The molecule has 1 aromatic carbocycles. The molecule has 29 heavy (non-hydrogen) atoms. The molecule has 3 rings (SSSR count). The van der Waals surface area contributed by atoms with Gasteiger partial charge in [-0.1, -0.05) is 30.3 Å². The van der Waals surface area contributed by atoms with Crippen LogP contribution >= 0.6 is 0 Å². The highest BCUT2D eigenvalue weighted by Gasteiger charge is 2.27. The first-order valence-electron chi connectivity index (χ1n) is 9.35. The summed E-state index contributed by atoms with van der Waals surface area (Å²) in [5.41, 5.74) is 8.10. The maximum Gasteiger partial charge on any atom is 0.290 e. The minimum atomic E-state index is -0.360. The monoisotopic (exact) mass is 401 g/mol. The van der Waals surface area contributed by atoms with Crippen molar-refractivity contribution in [2.45, 2.75) is 19.8 Å². The Morgan fingerprint density at radius 2 is 2.00 bits per heavy atom. The minimum Gasteiger partial charge on any atom is -0.483 e. The van der Waals surface area contributed by atoms with E-state index in [1.807, 2.05) is 49.2 Å². The van der Waals surface area contributed by atoms with Crippen molar-refractivity contribution in [3.63, 3.8) is 0 Å². The fourth-order valence-corrected chi connectivity index (χ4v) is 3.53. The number of carbonyl (C=O) groups is 3. The average molecular weight is 401 g/mol. The number of carboxylic acid groups (broad SMARTS) is 1. The molecule has 0 aliphatic carbocycles. The van der Waals surface area contributed by atoms with E-state index >= 15 is 0 Å².